The SMILES string of the molecule is CCn1cc(C(F)(F)F)nc1-c1ccc([C@H](C)[NH2+]c2nc(-c3c(OC)ncnc3C(C)C)ncc2C=N)cc1. The predicted octanol–water partition coefficient (Wildman–Crippen LogP) is 4.92. The first-order chi connectivity index (χ1) is 18.6. The topological polar surface area (TPSA) is 119 Å². The molecule has 9 nitrogen and oxygen atoms in total. The Morgan fingerprint density at radius 3 is 2.38 bits per heavy atom. The van der Waals surface area contributed by atoms with Crippen LogP contribution in [0.4, 0.5) is 19.0 Å². The van der Waals surface area contributed by atoms with Gasteiger partial charge in [0.2, 0.25) is 11.7 Å². The van der Waals surface area contributed by atoms with Gasteiger partial charge in [0.05, 0.1) is 18.4 Å². The zero-order valence-corrected chi connectivity index (χ0v) is 22.3. The fourth-order valence-corrected chi connectivity index (χ4v) is 4.25. The zero-order chi connectivity index (χ0) is 28.3. The van der Waals surface area contributed by atoms with Crippen molar-refractivity contribution in [3.8, 4) is 28.7 Å². The van der Waals surface area contributed by atoms with Crippen LogP contribution < -0.4 is 10.1 Å². The van der Waals surface area contributed by atoms with Gasteiger partial charge in [0.1, 0.15) is 23.8 Å². The number of hydrogen-bond donors (Lipinski definition) is 2. The molecule has 4 rings (SSSR count). The van der Waals surface area contributed by atoms with Crippen molar-refractivity contribution in [2.24, 2.45) is 0 Å². The molecule has 0 aliphatic carbocycles. The van der Waals surface area contributed by atoms with Crippen molar-refractivity contribution >= 4 is 12.0 Å². The summed E-state index contributed by atoms with van der Waals surface area (Å²) in [6.45, 7) is 8.13. The van der Waals surface area contributed by atoms with E-state index in [9.17, 15) is 13.2 Å². The van der Waals surface area contributed by atoms with E-state index in [1.165, 1.54) is 24.2 Å². The number of quaternary nitrogens is 1. The third-order valence-electron chi connectivity index (χ3n) is 6.32. The zero-order valence-electron chi connectivity index (χ0n) is 22.3. The van der Waals surface area contributed by atoms with E-state index in [0.717, 1.165) is 17.5 Å². The second-order valence-corrected chi connectivity index (χ2v) is 9.29. The van der Waals surface area contributed by atoms with Crippen LogP contribution in [0.2, 0.25) is 0 Å². The minimum Gasteiger partial charge on any atom is -0.480 e. The molecule has 3 N–H and O–H groups in total. The summed E-state index contributed by atoms with van der Waals surface area (Å²) >= 11 is 0. The summed E-state index contributed by atoms with van der Waals surface area (Å²) in [7, 11) is 1.53. The molecule has 0 aliphatic heterocycles. The van der Waals surface area contributed by atoms with Crippen LogP contribution in [0, 0.1) is 5.41 Å². The molecule has 3 heterocycles. The Hall–Kier alpha value is -4.19. The fraction of sp³-hybridized carbons (Fsp3) is 0.333. The number of benzene rings is 1. The van der Waals surface area contributed by atoms with Crippen molar-refractivity contribution in [3.05, 3.63) is 65.5 Å². The molecule has 0 aliphatic rings. The molecule has 1 aromatic carbocycles. The second-order valence-electron chi connectivity index (χ2n) is 9.29. The van der Waals surface area contributed by atoms with E-state index in [4.69, 9.17) is 15.1 Å². The molecule has 12 heteroatoms. The third kappa shape index (κ3) is 5.80. The Bertz CT molecular complexity index is 1470. The molecule has 0 bridgehead atoms. The van der Waals surface area contributed by atoms with Crippen LogP contribution in [0.3, 0.4) is 0 Å². The number of alkyl halides is 3. The summed E-state index contributed by atoms with van der Waals surface area (Å²) in [6.07, 6.45) is 0.738. The first-order valence-electron chi connectivity index (χ1n) is 12.4. The van der Waals surface area contributed by atoms with Crippen molar-refractivity contribution in [2.45, 2.75) is 52.4 Å². The number of methoxy groups -OCH3 is 1. The summed E-state index contributed by atoms with van der Waals surface area (Å²) in [5, 5.41) is 9.76. The first kappa shape index (κ1) is 27.8. The number of rotatable bonds is 9. The van der Waals surface area contributed by atoms with Gasteiger partial charge >= 0.3 is 6.18 Å². The molecule has 0 amide bonds. The van der Waals surface area contributed by atoms with Gasteiger partial charge in [-0.1, -0.05) is 38.1 Å². The molecule has 0 unspecified atom stereocenters. The average Bonchev–Trinajstić information content (AvgIpc) is 3.38. The summed E-state index contributed by atoms with van der Waals surface area (Å²) < 4.78 is 46.5. The van der Waals surface area contributed by atoms with Gasteiger partial charge in [0, 0.05) is 36.3 Å². The van der Waals surface area contributed by atoms with Crippen molar-refractivity contribution in [3.63, 3.8) is 0 Å². The first-order valence-corrected chi connectivity index (χ1v) is 12.4. The molecule has 0 fully saturated rings. The van der Waals surface area contributed by atoms with Gasteiger partial charge in [-0.05, 0) is 19.8 Å². The van der Waals surface area contributed by atoms with E-state index >= 15 is 0 Å². The van der Waals surface area contributed by atoms with Crippen LogP contribution in [0.1, 0.15) is 62.2 Å². The maximum Gasteiger partial charge on any atom is 0.434 e. The average molecular weight is 540 g/mol. The lowest BCUT2D eigenvalue weighted by atomic mass is 10.0. The number of nitrogens with zero attached hydrogens (tertiary/aromatic N) is 6. The van der Waals surface area contributed by atoms with E-state index in [2.05, 4.69) is 19.9 Å². The standard InChI is InChI=1S/C27H29F3N8O/c1-6-38-13-20(27(28,29)30)36-25(38)18-9-7-17(8-10-18)16(4)35-23-19(11-31)12-32-24(37-23)21-22(15(2)3)33-14-34-26(21)39-5/h7-16,31H,6H2,1-5H3,(H,32,35,37)/p+1/t16-/m0/s1. The lowest BCUT2D eigenvalue weighted by molar-refractivity contribution is -0.617. The maximum absolute atomic E-state index is 13.2. The molecular formula is C27H30F3N8O+. The monoisotopic (exact) mass is 539 g/mol. The van der Waals surface area contributed by atoms with E-state index < -0.39 is 11.9 Å². The van der Waals surface area contributed by atoms with Gasteiger partial charge < -0.3 is 14.7 Å². The van der Waals surface area contributed by atoms with Crippen LogP contribution in [0.25, 0.3) is 22.8 Å². The number of ether oxygens (including phenoxy) is 1. The Balaban J connectivity index is 1.64. The van der Waals surface area contributed by atoms with Crippen LogP contribution >= 0.6 is 0 Å². The highest BCUT2D eigenvalue weighted by Gasteiger charge is 2.34. The molecule has 0 radical (unpaired) electrons. The van der Waals surface area contributed by atoms with Crippen molar-refractivity contribution in [1.82, 2.24) is 29.5 Å². The second kappa shape index (κ2) is 11.3. The van der Waals surface area contributed by atoms with Crippen LogP contribution in [-0.2, 0) is 12.7 Å². The predicted molar refractivity (Wildman–Crippen MR) is 140 cm³/mol. The van der Waals surface area contributed by atoms with Crippen molar-refractivity contribution in [2.75, 3.05) is 7.11 Å². The molecule has 0 spiro atoms. The highest BCUT2D eigenvalue weighted by molar-refractivity contribution is 5.82. The summed E-state index contributed by atoms with van der Waals surface area (Å²) in [4.78, 5) is 21.7. The number of imidazole rings is 1. The quantitative estimate of drug-likeness (QED) is 0.292. The van der Waals surface area contributed by atoms with Gasteiger partial charge in [-0.25, -0.2) is 19.9 Å². The Kier molecular flexibility index (Phi) is 8.05. The molecule has 4 aromatic rings. The molecule has 3 aromatic heterocycles. The van der Waals surface area contributed by atoms with Gasteiger partial charge in [-0.15, -0.1) is 0 Å². The highest BCUT2D eigenvalue weighted by Crippen LogP contribution is 2.33. The number of nitrogens with two attached hydrogens (primary N) is 1. The molecule has 39 heavy (non-hydrogen) atoms. The van der Waals surface area contributed by atoms with Crippen LogP contribution in [0.5, 0.6) is 5.88 Å². The number of aromatic nitrogens is 6. The van der Waals surface area contributed by atoms with Gasteiger partial charge in [-0.2, -0.15) is 18.2 Å². The van der Waals surface area contributed by atoms with Crippen LogP contribution in [-0.4, -0.2) is 42.8 Å². The summed E-state index contributed by atoms with van der Waals surface area (Å²) in [6, 6.07) is 7.11. The Morgan fingerprint density at radius 1 is 1.08 bits per heavy atom. The molecule has 0 saturated heterocycles. The van der Waals surface area contributed by atoms with Crippen LogP contribution in [0.15, 0.2) is 43.0 Å². The minimum absolute atomic E-state index is 0.0725. The number of halogens is 3. The fourth-order valence-electron chi connectivity index (χ4n) is 4.25. The minimum atomic E-state index is -4.51. The Morgan fingerprint density at radius 2 is 1.79 bits per heavy atom. The summed E-state index contributed by atoms with van der Waals surface area (Å²) in [5.74, 6) is 1.65. The van der Waals surface area contributed by atoms with E-state index in [-0.39, 0.29) is 17.8 Å². The van der Waals surface area contributed by atoms with Crippen molar-refractivity contribution in [1.29, 1.82) is 5.41 Å². The molecular weight excluding hydrogens is 509 g/mol. The number of aryl methyl sites for hydroxylation is 1. The van der Waals surface area contributed by atoms with Crippen molar-refractivity contribution < 1.29 is 23.2 Å². The van der Waals surface area contributed by atoms with Gasteiger partial charge in [-0.3, -0.25) is 5.32 Å². The normalized spacial score (nSPS) is 12.5. The van der Waals surface area contributed by atoms with E-state index in [1.807, 2.05) is 38.2 Å². The lowest BCUT2D eigenvalue weighted by Gasteiger charge is -2.15. The summed E-state index contributed by atoms with van der Waals surface area (Å²) in [5.41, 5.74) is 2.48. The highest BCUT2D eigenvalue weighted by atomic mass is 19.4. The molecule has 0 saturated carbocycles. The van der Waals surface area contributed by atoms with E-state index in [0.29, 0.717) is 40.8 Å². The number of nitrogens with one attached hydrogen (secondary N) is 1. The maximum atomic E-state index is 13.2. The third-order valence-corrected chi connectivity index (χ3v) is 6.32. The number of hydrogen-bond acceptors (Lipinski definition) is 7. The van der Waals surface area contributed by atoms with Gasteiger partial charge in [0.25, 0.3) is 0 Å². The molecule has 204 valence electrons. The van der Waals surface area contributed by atoms with E-state index in [1.54, 1.807) is 25.3 Å². The molecule has 1 atom stereocenters. The Labute approximate surface area is 224 Å². The van der Waals surface area contributed by atoms with Gasteiger partial charge in [0.15, 0.2) is 11.5 Å². The largest absolute Gasteiger partial charge is 0.480 e. The smallest absolute Gasteiger partial charge is 0.434 e. The lowest BCUT2D eigenvalue weighted by Crippen LogP contribution is -2.79.